The van der Waals surface area contributed by atoms with Crippen LogP contribution in [-0.2, 0) is 46.1 Å². The average Bonchev–Trinajstić information content (AvgIpc) is 3.29. The fraction of sp³-hybridized carbons (Fsp3) is 0.0455. The van der Waals surface area contributed by atoms with E-state index in [2.05, 4.69) is 36.0 Å². The molecule has 0 spiro atoms. The Balaban J connectivity index is 1.21. The number of azo groups is 3. The van der Waals surface area contributed by atoms with Crippen LogP contribution in [0.15, 0.2) is 184 Å². The largest absolute Gasteiger partial charge is 0.507 e. The Labute approximate surface area is 403 Å². The van der Waals surface area contributed by atoms with Crippen molar-refractivity contribution in [1.82, 2.24) is 0 Å². The first-order valence-corrected chi connectivity index (χ1v) is 25.9. The van der Waals surface area contributed by atoms with Crippen molar-refractivity contribution in [2.75, 3.05) is 16.8 Å². The number of anilines is 4. The number of benzene rings is 7. The van der Waals surface area contributed by atoms with Gasteiger partial charge in [-0.25, -0.2) is 0 Å². The number of nitrogen functional groups attached to an aromatic ring is 2. The highest BCUT2D eigenvalue weighted by molar-refractivity contribution is 7.90. The number of hydrogen-bond donors (Lipinski definition) is 9. The van der Waals surface area contributed by atoms with Crippen LogP contribution in [-0.4, -0.2) is 63.0 Å². The molecule has 7 aromatic carbocycles. The van der Waals surface area contributed by atoms with Crippen LogP contribution in [0.2, 0.25) is 0 Å². The maximum absolute atomic E-state index is 13.3. The smallest absolute Gasteiger partial charge is 0.296 e. The highest BCUT2D eigenvalue weighted by atomic mass is 32.2. The number of hydrogen-bond acceptors (Lipinski definition) is 19. The second-order valence-corrected chi connectivity index (χ2v) is 21.1. The van der Waals surface area contributed by atoms with Crippen LogP contribution in [0.4, 0.5) is 45.5 Å². The van der Waals surface area contributed by atoms with Crippen LogP contribution in [0.25, 0.3) is 28.0 Å². The number of phenols is 1. The van der Waals surface area contributed by atoms with E-state index in [9.17, 15) is 57.0 Å². The minimum absolute atomic E-state index is 0.0459. The maximum atomic E-state index is 13.3. The van der Waals surface area contributed by atoms with Gasteiger partial charge in [0, 0.05) is 22.2 Å². The molecule has 2 atom stereocenters. The van der Waals surface area contributed by atoms with E-state index in [0.717, 1.165) is 30.3 Å². The minimum Gasteiger partial charge on any atom is -0.507 e. The molecule has 0 radical (unpaired) electrons. The van der Waals surface area contributed by atoms with Crippen molar-refractivity contribution in [3.63, 3.8) is 0 Å². The fourth-order valence-corrected chi connectivity index (χ4v) is 10.4. The molecular weight excluding hydrogens is 1000 g/mol. The van der Waals surface area contributed by atoms with Gasteiger partial charge in [0.1, 0.15) is 31.0 Å². The highest BCUT2D eigenvalue weighted by Gasteiger charge is 2.51. The number of rotatable bonds is 13. The van der Waals surface area contributed by atoms with Gasteiger partial charge in [-0.05, 0) is 89.3 Å². The standard InChI is InChI=1S/C44H36N10O13S4/c45-31-22-32(46)36(68(56,57)58)23-35(31)51-49-28-15-13-27(14-16-28)48-34-18-17-29(21-37(34)69(59,60)61)50-53-43-39(71(65,66)67)20-26-19-38(70(62,63)64)40(25-8-2-1-3-9-25)42(55)41(26)44(43,47)54-52-33-12-6-10-24-7-4-5-11-30(24)33/h1-23,43,48,55H,45-47H2,(H,56,57,58)(H,59,60,61)(H,62,63,64)(H,65,66,67). The summed E-state index contributed by atoms with van der Waals surface area (Å²) in [6, 6.07) is 28.9. The zero-order valence-corrected chi connectivity index (χ0v) is 39.2. The zero-order chi connectivity index (χ0) is 51.3. The monoisotopic (exact) mass is 1040 g/mol. The Morgan fingerprint density at radius 2 is 1.20 bits per heavy atom. The molecule has 0 aliphatic heterocycles. The van der Waals surface area contributed by atoms with Crippen LogP contribution in [0, 0.1) is 0 Å². The summed E-state index contributed by atoms with van der Waals surface area (Å²) >= 11 is 0. The van der Waals surface area contributed by atoms with Crippen molar-refractivity contribution in [2.45, 2.75) is 26.4 Å². The second kappa shape index (κ2) is 18.5. The number of nitrogens with one attached hydrogen (secondary N) is 1. The molecule has 0 bridgehead atoms. The van der Waals surface area contributed by atoms with Gasteiger partial charge in [0.25, 0.3) is 40.5 Å². The van der Waals surface area contributed by atoms with Crippen molar-refractivity contribution < 1.29 is 57.0 Å². The van der Waals surface area contributed by atoms with Gasteiger partial charge in [-0.2, -0.15) is 59.2 Å². The van der Waals surface area contributed by atoms with Crippen LogP contribution in [0.5, 0.6) is 5.75 Å². The third-order valence-electron chi connectivity index (χ3n) is 10.8. The topological polar surface area (TPSA) is 402 Å². The Morgan fingerprint density at radius 3 is 1.86 bits per heavy atom. The first-order chi connectivity index (χ1) is 33.3. The SMILES string of the molecule is Nc1cc(N)c(S(=O)(=O)O)cc1N=Nc1ccc(Nc2ccc(N=NC3C(S(=O)(=O)O)=Cc4cc(S(=O)(=O)O)c(-c5ccccc5)c(O)c4C3(N)N=Nc3cccc4ccccc34)cc2S(=O)(=O)O)cc1. The van der Waals surface area contributed by atoms with E-state index in [4.69, 9.17) is 17.2 Å². The van der Waals surface area contributed by atoms with E-state index in [1.54, 1.807) is 48.5 Å². The first-order valence-electron chi connectivity index (χ1n) is 20.1. The molecule has 0 saturated heterocycles. The molecule has 2 unspecified atom stereocenters. The fourth-order valence-electron chi connectivity index (χ4n) is 7.58. The van der Waals surface area contributed by atoms with Gasteiger partial charge in [0.05, 0.1) is 34.1 Å². The van der Waals surface area contributed by atoms with Gasteiger partial charge in [-0.3, -0.25) is 23.9 Å². The summed E-state index contributed by atoms with van der Waals surface area (Å²) in [6.45, 7) is 0. The maximum Gasteiger partial charge on any atom is 0.296 e. The number of nitrogens with zero attached hydrogens (tertiary/aromatic N) is 6. The molecule has 364 valence electrons. The molecule has 8 rings (SSSR count). The minimum atomic E-state index is -5.41. The molecule has 1 aliphatic rings. The number of nitrogens with two attached hydrogens (primary N) is 3. The Hall–Kier alpha value is -7.86. The molecule has 7 aromatic rings. The average molecular weight is 1040 g/mol. The van der Waals surface area contributed by atoms with Crippen molar-refractivity contribution in [3.05, 3.63) is 149 Å². The third-order valence-corrected chi connectivity index (χ3v) is 14.4. The zero-order valence-electron chi connectivity index (χ0n) is 35.9. The molecule has 71 heavy (non-hydrogen) atoms. The van der Waals surface area contributed by atoms with Crippen molar-refractivity contribution in [2.24, 2.45) is 36.4 Å². The normalized spacial score (nSPS) is 16.7. The summed E-state index contributed by atoms with van der Waals surface area (Å²) in [5.41, 5.74) is 14.1. The molecule has 23 nitrogen and oxygen atoms in total. The van der Waals surface area contributed by atoms with Gasteiger partial charge in [-0.15, -0.1) is 5.11 Å². The molecule has 0 heterocycles. The first kappa shape index (κ1) is 49.6. The highest BCUT2D eigenvalue weighted by Crippen LogP contribution is 2.51. The molecule has 27 heteroatoms. The Bertz CT molecular complexity index is 3910. The summed E-state index contributed by atoms with van der Waals surface area (Å²) in [5.74, 6) is -0.910. The van der Waals surface area contributed by atoms with Crippen molar-refractivity contribution in [3.8, 4) is 16.9 Å². The number of aromatic hydroxyl groups is 1. The summed E-state index contributed by atoms with van der Waals surface area (Å²) in [7, 11) is -20.4. The molecule has 0 fully saturated rings. The molecule has 12 N–H and O–H groups in total. The van der Waals surface area contributed by atoms with Crippen LogP contribution < -0.4 is 22.5 Å². The lowest BCUT2D eigenvalue weighted by atomic mass is 9.81. The van der Waals surface area contributed by atoms with E-state index in [-0.39, 0.29) is 51.1 Å². The predicted octanol–water partition coefficient (Wildman–Crippen LogP) is 8.57. The molecule has 1 aliphatic carbocycles. The lowest BCUT2D eigenvalue weighted by Crippen LogP contribution is -2.49. The Kier molecular flexibility index (Phi) is 12.9. The van der Waals surface area contributed by atoms with Gasteiger partial charge < -0.3 is 21.9 Å². The van der Waals surface area contributed by atoms with E-state index < -0.39 is 94.2 Å². The molecule has 0 aromatic heterocycles. The van der Waals surface area contributed by atoms with Crippen LogP contribution in [0.1, 0.15) is 11.1 Å². The number of fused-ring (bicyclic) bond motifs is 2. The van der Waals surface area contributed by atoms with E-state index in [0.29, 0.717) is 10.8 Å². The van der Waals surface area contributed by atoms with E-state index in [1.807, 2.05) is 0 Å². The second-order valence-electron chi connectivity index (χ2n) is 15.5. The van der Waals surface area contributed by atoms with Crippen molar-refractivity contribution in [1.29, 1.82) is 0 Å². The predicted molar refractivity (Wildman–Crippen MR) is 261 cm³/mol. The van der Waals surface area contributed by atoms with Crippen molar-refractivity contribution >= 4 is 103 Å². The summed E-state index contributed by atoms with van der Waals surface area (Å²) in [6.07, 6.45) is 0.742. The lowest BCUT2D eigenvalue weighted by Gasteiger charge is -2.36. The summed E-state index contributed by atoms with van der Waals surface area (Å²) in [4.78, 5) is -3.31. The van der Waals surface area contributed by atoms with Gasteiger partial charge in [0.15, 0.2) is 11.7 Å². The van der Waals surface area contributed by atoms with Crippen LogP contribution >= 0.6 is 0 Å². The Morgan fingerprint density at radius 1 is 0.563 bits per heavy atom. The van der Waals surface area contributed by atoms with E-state index >= 15 is 0 Å². The quantitative estimate of drug-likeness (QED) is 0.0296. The third kappa shape index (κ3) is 10.2. The summed E-state index contributed by atoms with van der Waals surface area (Å²) in [5, 5.41) is 41.0. The van der Waals surface area contributed by atoms with Gasteiger partial charge >= 0.3 is 0 Å². The van der Waals surface area contributed by atoms with Gasteiger partial charge in [0.2, 0.25) is 0 Å². The molecule has 0 saturated carbocycles. The van der Waals surface area contributed by atoms with E-state index in [1.165, 1.54) is 60.7 Å². The number of phenolic OH excluding ortho intramolecular Hbond substituents is 1. The summed E-state index contributed by atoms with van der Waals surface area (Å²) < 4.78 is 142. The molecule has 0 amide bonds. The molecular formula is C44H36N10O13S4. The lowest BCUT2D eigenvalue weighted by molar-refractivity contribution is 0.354. The van der Waals surface area contributed by atoms with Crippen LogP contribution in [0.3, 0.4) is 0 Å². The van der Waals surface area contributed by atoms with Gasteiger partial charge in [-0.1, -0.05) is 66.7 Å².